The number of fused-ring (bicyclic) bond motifs is 1. The number of aromatic nitrogens is 2. The van der Waals surface area contributed by atoms with Gasteiger partial charge in [0.1, 0.15) is 5.82 Å². The monoisotopic (exact) mass is 365 g/mol. The van der Waals surface area contributed by atoms with Gasteiger partial charge in [-0.3, -0.25) is 0 Å². The molecule has 0 fully saturated rings. The third-order valence-corrected chi connectivity index (χ3v) is 4.50. The van der Waals surface area contributed by atoms with Crippen LogP contribution in [0.3, 0.4) is 0 Å². The van der Waals surface area contributed by atoms with Crippen LogP contribution in [-0.2, 0) is 6.54 Å². The van der Waals surface area contributed by atoms with Gasteiger partial charge >= 0.3 is 0 Å². The van der Waals surface area contributed by atoms with Gasteiger partial charge in [-0.05, 0) is 23.6 Å². The third-order valence-electron chi connectivity index (χ3n) is 4.50. The Hall–Kier alpha value is -3.41. The summed E-state index contributed by atoms with van der Waals surface area (Å²) in [5.74, 6) is -2.32. The van der Waals surface area contributed by atoms with E-state index in [4.69, 9.17) is 0 Å². The number of hydrogen-bond donors (Lipinski definition) is 2. The molecule has 3 aromatic carbocycles. The summed E-state index contributed by atoms with van der Waals surface area (Å²) in [6.45, 7) is 0.993. The lowest BCUT2D eigenvalue weighted by atomic mass is 10.1. The molecule has 1 aromatic heterocycles. The van der Waals surface area contributed by atoms with E-state index in [0.717, 1.165) is 28.6 Å². The molecule has 0 bridgehead atoms. The second kappa shape index (κ2) is 7.07. The minimum absolute atomic E-state index is 0.278. The van der Waals surface area contributed by atoms with Crippen LogP contribution in [0.15, 0.2) is 67.1 Å². The fraction of sp³-hybridized carbons (Fsp3) is 0.0952. The number of nitrogens with one attached hydrogen (secondary N) is 1. The van der Waals surface area contributed by atoms with Crippen LogP contribution in [0.5, 0.6) is 5.75 Å². The molecule has 136 valence electrons. The van der Waals surface area contributed by atoms with Crippen LogP contribution in [0.25, 0.3) is 22.0 Å². The van der Waals surface area contributed by atoms with Crippen molar-refractivity contribution in [1.82, 2.24) is 9.55 Å². The number of anilines is 1. The van der Waals surface area contributed by atoms with Gasteiger partial charge in [0.25, 0.3) is 0 Å². The predicted molar refractivity (Wildman–Crippen MR) is 102 cm³/mol. The van der Waals surface area contributed by atoms with Crippen molar-refractivity contribution in [3.8, 4) is 17.0 Å². The number of nitrogens with zero attached hydrogens (tertiary/aromatic N) is 2. The largest absolute Gasteiger partial charge is 0.505 e. The first kappa shape index (κ1) is 17.0. The number of phenolic OH excluding ortho intramolecular Hbond substituents is 1. The Kier molecular flexibility index (Phi) is 4.46. The van der Waals surface area contributed by atoms with Crippen LogP contribution < -0.4 is 5.32 Å². The van der Waals surface area contributed by atoms with E-state index < -0.39 is 17.4 Å². The molecule has 4 rings (SSSR count). The summed E-state index contributed by atoms with van der Waals surface area (Å²) in [7, 11) is 0. The summed E-state index contributed by atoms with van der Waals surface area (Å²) in [6.07, 6.45) is 2.90. The van der Waals surface area contributed by atoms with Crippen molar-refractivity contribution in [2.24, 2.45) is 0 Å². The molecule has 0 saturated carbocycles. The van der Waals surface area contributed by atoms with Gasteiger partial charge in [0.2, 0.25) is 0 Å². The van der Waals surface area contributed by atoms with E-state index in [1.807, 2.05) is 42.5 Å². The highest BCUT2D eigenvalue weighted by atomic mass is 19.1. The fourth-order valence-corrected chi connectivity index (χ4v) is 3.17. The summed E-state index contributed by atoms with van der Waals surface area (Å²) in [5, 5.41) is 15.2. The lowest BCUT2D eigenvalue weighted by Crippen LogP contribution is -2.11. The Labute approximate surface area is 154 Å². The van der Waals surface area contributed by atoms with Gasteiger partial charge in [0.05, 0.1) is 23.8 Å². The minimum Gasteiger partial charge on any atom is -0.505 e. The topological polar surface area (TPSA) is 50.1 Å². The van der Waals surface area contributed by atoms with Crippen molar-refractivity contribution in [2.75, 3.05) is 11.9 Å². The number of halogens is 2. The smallest absolute Gasteiger partial charge is 0.177 e. The van der Waals surface area contributed by atoms with Crippen molar-refractivity contribution in [2.45, 2.75) is 6.54 Å². The highest BCUT2D eigenvalue weighted by Gasteiger charge is 2.18. The average Bonchev–Trinajstić information content (AvgIpc) is 3.13. The molecule has 0 radical (unpaired) electrons. The first-order valence-electron chi connectivity index (χ1n) is 8.54. The van der Waals surface area contributed by atoms with E-state index in [1.54, 1.807) is 4.57 Å². The van der Waals surface area contributed by atoms with Gasteiger partial charge in [-0.15, -0.1) is 0 Å². The molecule has 4 aromatic rings. The number of hydrogen-bond acceptors (Lipinski definition) is 3. The van der Waals surface area contributed by atoms with Crippen LogP contribution in [0.4, 0.5) is 14.5 Å². The average molecular weight is 365 g/mol. The van der Waals surface area contributed by atoms with Gasteiger partial charge in [0, 0.05) is 24.2 Å². The fourth-order valence-electron chi connectivity index (χ4n) is 3.17. The number of imidazole rings is 1. The Bertz CT molecular complexity index is 1100. The molecule has 4 nitrogen and oxygen atoms in total. The van der Waals surface area contributed by atoms with Crippen molar-refractivity contribution < 1.29 is 13.9 Å². The maximum atomic E-state index is 14.2. The zero-order valence-corrected chi connectivity index (χ0v) is 14.4. The molecule has 0 unspecified atom stereocenters. The molecule has 6 heteroatoms. The molecular weight excluding hydrogens is 348 g/mol. The zero-order valence-electron chi connectivity index (χ0n) is 14.4. The van der Waals surface area contributed by atoms with Crippen LogP contribution in [0.1, 0.15) is 0 Å². The highest BCUT2D eigenvalue weighted by Crippen LogP contribution is 2.31. The molecular formula is C21H17F2N3O. The van der Waals surface area contributed by atoms with Crippen molar-refractivity contribution >= 4 is 16.5 Å². The molecule has 27 heavy (non-hydrogen) atoms. The van der Waals surface area contributed by atoms with E-state index >= 15 is 0 Å². The van der Waals surface area contributed by atoms with Gasteiger partial charge in [-0.2, -0.15) is 0 Å². The summed E-state index contributed by atoms with van der Waals surface area (Å²) in [6, 6.07) is 16.1. The van der Waals surface area contributed by atoms with E-state index in [-0.39, 0.29) is 11.3 Å². The number of phenols is 1. The molecule has 0 atom stereocenters. The molecule has 2 N–H and O–H groups in total. The summed E-state index contributed by atoms with van der Waals surface area (Å²) in [5.41, 5.74) is 0.989. The molecule has 0 aliphatic carbocycles. The van der Waals surface area contributed by atoms with Crippen LogP contribution in [0.2, 0.25) is 0 Å². The maximum Gasteiger partial charge on any atom is 0.177 e. The number of aromatic hydroxyl groups is 1. The van der Waals surface area contributed by atoms with Crippen LogP contribution in [0, 0.1) is 11.6 Å². The van der Waals surface area contributed by atoms with Gasteiger partial charge in [-0.1, -0.05) is 36.4 Å². The Morgan fingerprint density at radius 3 is 2.70 bits per heavy atom. The quantitative estimate of drug-likeness (QED) is 0.534. The molecule has 1 heterocycles. The Balaban J connectivity index is 1.56. The molecule has 0 spiro atoms. The second-order valence-corrected chi connectivity index (χ2v) is 6.18. The van der Waals surface area contributed by atoms with E-state index in [9.17, 15) is 13.9 Å². The van der Waals surface area contributed by atoms with Crippen molar-refractivity contribution in [3.05, 3.63) is 78.8 Å². The van der Waals surface area contributed by atoms with E-state index in [0.29, 0.717) is 13.1 Å². The summed E-state index contributed by atoms with van der Waals surface area (Å²) >= 11 is 0. The zero-order chi connectivity index (χ0) is 18.8. The maximum absolute atomic E-state index is 14.2. The van der Waals surface area contributed by atoms with Crippen LogP contribution in [-0.4, -0.2) is 21.2 Å². The van der Waals surface area contributed by atoms with E-state index in [2.05, 4.69) is 10.3 Å². The summed E-state index contributed by atoms with van der Waals surface area (Å²) < 4.78 is 30.0. The summed E-state index contributed by atoms with van der Waals surface area (Å²) in [4.78, 5) is 4.01. The Morgan fingerprint density at radius 1 is 1.00 bits per heavy atom. The first-order valence-corrected chi connectivity index (χ1v) is 8.54. The van der Waals surface area contributed by atoms with Gasteiger partial charge < -0.3 is 15.0 Å². The Morgan fingerprint density at radius 2 is 1.81 bits per heavy atom. The van der Waals surface area contributed by atoms with Gasteiger partial charge in [0.15, 0.2) is 11.6 Å². The van der Waals surface area contributed by atoms with Crippen molar-refractivity contribution in [3.63, 3.8) is 0 Å². The van der Waals surface area contributed by atoms with Gasteiger partial charge in [-0.25, -0.2) is 13.8 Å². The first-order chi connectivity index (χ1) is 13.1. The lowest BCUT2D eigenvalue weighted by Gasteiger charge is -2.13. The molecule has 0 aliphatic rings. The third kappa shape index (κ3) is 3.21. The number of rotatable bonds is 5. The molecule has 0 aliphatic heterocycles. The lowest BCUT2D eigenvalue weighted by molar-refractivity contribution is 0.429. The highest BCUT2D eigenvalue weighted by molar-refractivity contribution is 5.93. The molecule has 0 amide bonds. The SMILES string of the molecule is Oc1ccc(F)c(-c2cncn2CCNc2cccc3ccccc23)c1F. The predicted octanol–water partition coefficient (Wildman–Crippen LogP) is 4.80. The minimum atomic E-state index is -0.987. The number of benzene rings is 3. The van der Waals surface area contributed by atoms with Crippen molar-refractivity contribution in [1.29, 1.82) is 0 Å². The van der Waals surface area contributed by atoms with Crippen LogP contribution >= 0.6 is 0 Å². The second-order valence-electron chi connectivity index (χ2n) is 6.18. The standard InChI is InChI=1S/C21H17F2N3O/c22-16-8-9-19(27)21(23)20(16)18-12-24-13-26(18)11-10-25-17-7-3-5-14-4-1-2-6-15(14)17/h1-9,12-13,25,27H,10-11H2. The van der Waals surface area contributed by atoms with E-state index in [1.165, 1.54) is 12.5 Å². The normalized spacial score (nSPS) is 11.0. The molecule has 0 saturated heterocycles.